The minimum absolute atomic E-state index is 0.0299. The van der Waals surface area contributed by atoms with E-state index in [2.05, 4.69) is 34.9 Å². The Balaban J connectivity index is 0.974. The van der Waals surface area contributed by atoms with Gasteiger partial charge in [0.05, 0.1) is 32.5 Å². The molecule has 31 heteroatoms. The van der Waals surface area contributed by atoms with Crippen LogP contribution in [0.15, 0.2) is 41.1 Å². The first kappa shape index (κ1) is 43.0. The lowest BCUT2D eigenvalue weighted by Crippen LogP contribution is -2.37. The van der Waals surface area contributed by atoms with Crippen molar-refractivity contribution in [3.05, 3.63) is 57.9 Å². The molecule has 2 unspecified atom stereocenters. The molecule has 3 saturated heterocycles. The van der Waals surface area contributed by atoms with Crippen molar-refractivity contribution in [2.75, 3.05) is 31.3 Å². The molecule has 0 saturated carbocycles. The number of phosphoric ester groups is 2. The van der Waals surface area contributed by atoms with Gasteiger partial charge in [-0.1, -0.05) is 0 Å². The van der Waals surface area contributed by atoms with Crippen molar-refractivity contribution < 1.29 is 71.6 Å². The van der Waals surface area contributed by atoms with Gasteiger partial charge in [0.25, 0.3) is 5.56 Å². The first-order valence-corrected chi connectivity index (χ1v) is 21.0. The maximum absolute atomic E-state index is 13.5. The Morgan fingerprint density at radius 2 is 1.33 bits per heavy atom. The first-order chi connectivity index (χ1) is 28.9. The number of nitrogens with two attached hydrogens (primary N) is 2. The second-order valence-electron chi connectivity index (χ2n) is 14.0. The fourth-order valence-electron chi connectivity index (χ4n) is 7.09. The van der Waals surface area contributed by atoms with Crippen molar-refractivity contribution >= 4 is 49.6 Å². The number of aliphatic hydroxyl groups excluding tert-OH is 4. The van der Waals surface area contributed by atoms with Gasteiger partial charge < -0.3 is 55.9 Å². The largest absolute Gasteiger partial charge is 0.472 e. The molecule has 5 aromatic heterocycles. The van der Waals surface area contributed by atoms with E-state index in [0.717, 1.165) is 17.2 Å². The molecule has 5 aromatic rings. The normalized spacial score (nSPS) is 31.2. The van der Waals surface area contributed by atoms with Crippen molar-refractivity contribution in [3.8, 4) is 0 Å². The molecule has 0 bridgehead atoms. The topological polar surface area (TPSA) is 414 Å². The van der Waals surface area contributed by atoms with Gasteiger partial charge in [-0.2, -0.15) is 0 Å². The highest BCUT2D eigenvalue weighted by Crippen LogP contribution is 2.52. The van der Waals surface area contributed by atoms with E-state index >= 15 is 0 Å². The van der Waals surface area contributed by atoms with Gasteiger partial charge >= 0.3 is 21.3 Å². The second-order valence-corrected chi connectivity index (χ2v) is 16.8. The predicted octanol–water partition coefficient (Wildman–Crippen LogP) is -3.15. The summed E-state index contributed by atoms with van der Waals surface area (Å²) in [4.78, 5) is 72.2. The number of rotatable bonds is 14. The minimum atomic E-state index is -5.30. The number of hydrogen-bond acceptors (Lipinski definition) is 23. The number of ether oxygens (including phenoxy) is 3. The summed E-state index contributed by atoms with van der Waals surface area (Å²) in [6.45, 7) is -1.10. The summed E-state index contributed by atoms with van der Waals surface area (Å²) in [7, 11) is -10.5. The fraction of sp³-hybridized carbons (Fsp3) is 0.533. The maximum atomic E-state index is 13.5. The molecule has 330 valence electrons. The number of aromatic nitrogens is 10. The van der Waals surface area contributed by atoms with Gasteiger partial charge in [-0.25, -0.2) is 43.8 Å². The third kappa shape index (κ3) is 8.34. The molecule has 61 heavy (non-hydrogen) atoms. The summed E-state index contributed by atoms with van der Waals surface area (Å²) >= 11 is 0. The Labute approximate surface area is 339 Å². The summed E-state index contributed by atoms with van der Waals surface area (Å²) in [6.07, 6.45) is -11.1. The van der Waals surface area contributed by atoms with Crippen molar-refractivity contribution in [2.24, 2.45) is 0 Å². The number of nitrogens with one attached hydrogen (secondary N) is 1. The molecule has 0 aromatic carbocycles. The van der Waals surface area contributed by atoms with Gasteiger partial charge in [-0.15, -0.1) is 0 Å². The molecule has 11 N–H and O–H groups in total. The van der Waals surface area contributed by atoms with Crippen LogP contribution in [-0.4, -0.2) is 147 Å². The Hall–Kier alpha value is -4.68. The van der Waals surface area contributed by atoms with E-state index in [1.54, 1.807) is 0 Å². The van der Waals surface area contributed by atoms with E-state index in [0.29, 0.717) is 0 Å². The summed E-state index contributed by atoms with van der Waals surface area (Å²) in [5, 5.41) is 43.0. The van der Waals surface area contributed by atoms with E-state index < -0.39 is 114 Å². The van der Waals surface area contributed by atoms with Gasteiger partial charge in [0, 0.05) is 18.2 Å². The van der Waals surface area contributed by atoms with Crippen LogP contribution < -0.4 is 22.7 Å². The summed E-state index contributed by atoms with van der Waals surface area (Å²) in [6, 6.07) is 0. The van der Waals surface area contributed by atoms with Crippen LogP contribution in [-0.2, 0) is 41.4 Å². The zero-order valence-corrected chi connectivity index (χ0v) is 33.1. The molecule has 13 atom stereocenters. The Kier molecular flexibility index (Phi) is 11.7. The monoisotopic (exact) mass is 900 g/mol. The van der Waals surface area contributed by atoms with E-state index in [9.17, 15) is 48.9 Å². The maximum Gasteiger partial charge on any atom is 0.472 e. The molecule has 0 spiro atoms. The van der Waals surface area contributed by atoms with Crippen LogP contribution >= 0.6 is 15.6 Å². The van der Waals surface area contributed by atoms with Crippen molar-refractivity contribution in [1.82, 2.24) is 48.6 Å². The zero-order valence-electron chi connectivity index (χ0n) is 31.3. The lowest BCUT2D eigenvalue weighted by Gasteiger charge is -2.25. The van der Waals surface area contributed by atoms with Crippen LogP contribution in [0, 0.1) is 6.92 Å². The lowest BCUT2D eigenvalue weighted by atomic mass is 10.1. The molecule has 0 amide bonds. The van der Waals surface area contributed by atoms with E-state index in [-0.39, 0.29) is 45.9 Å². The first-order valence-electron chi connectivity index (χ1n) is 18.1. The van der Waals surface area contributed by atoms with Crippen LogP contribution in [0.25, 0.3) is 22.3 Å². The van der Waals surface area contributed by atoms with Crippen molar-refractivity contribution in [2.45, 2.75) is 80.9 Å². The number of nitrogen functional groups attached to an aromatic ring is 2. The third-order valence-corrected chi connectivity index (χ3v) is 12.1. The molecule has 0 aliphatic carbocycles. The molecule has 8 heterocycles. The summed E-state index contributed by atoms with van der Waals surface area (Å²) in [5.74, 6) is 0.00922. The lowest BCUT2D eigenvalue weighted by molar-refractivity contribution is -0.0621. The standard InChI is InChI=1S/C30H38N12O17P2/c1-11-3-40(30(48)39-27(11)47)16-2-12(13(4-43)55-16)58-60(49,50)54-6-15-22(21(46)29(57-15)42-10-38-18-24(32)34-8-36-26(18)42)59-61(51,52)53-5-14-19(44)20(45)28(56-14)41-9-37-17-23(31)33-7-35-25(17)41/h3,7-10,12-16,19-22,28-29,43-46H,2,4-6H2,1H3,(H,49,50)(H,51,52)(H2,31,33,35)(H2,32,34,36)(H,39,47,48)/t12-,13+,14+,15+,16+,19+,20+,21+,22+,28+,29+/m0/s1. The van der Waals surface area contributed by atoms with Crippen LogP contribution in [0.4, 0.5) is 11.6 Å². The average Bonchev–Trinajstić information content (AvgIpc) is 4.04. The zero-order chi connectivity index (χ0) is 43.5. The van der Waals surface area contributed by atoms with E-state index in [1.807, 2.05) is 0 Å². The minimum Gasteiger partial charge on any atom is -0.394 e. The molecule has 3 aliphatic rings. The number of imidazole rings is 2. The smallest absolute Gasteiger partial charge is 0.394 e. The Morgan fingerprint density at radius 1 is 0.770 bits per heavy atom. The molecule has 3 aliphatic heterocycles. The van der Waals surface area contributed by atoms with Gasteiger partial charge in [-0.05, 0) is 6.92 Å². The summed E-state index contributed by atoms with van der Waals surface area (Å²) < 4.78 is 68.7. The quantitative estimate of drug-likeness (QED) is 0.0497. The molecular formula is C30H38N12O17P2. The molecule has 29 nitrogen and oxygen atoms in total. The highest BCUT2D eigenvalue weighted by molar-refractivity contribution is 7.47. The number of aryl methyl sites for hydroxylation is 1. The fourth-order valence-corrected chi connectivity index (χ4v) is 9.01. The Morgan fingerprint density at radius 3 is 1.93 bits per heavy atom. The van der Waals surface area contributed by atoms with Crippen LogP contribution in [0.1, 0.15) is 30.7 Å². The van der Waals surface area contributed by atoms with Crippen molar-refractivity contribution in [3.63, 3.8) is 0 Å². The van der Waals surface area contributed by atoms with Crippen LogP contribution in [0.2, 0.25) is 0 Å². The predicted molar refractivity (Wildman–Crippen MR) is 198 cm³/mol. The number of anilines is 2. The van der Waals surface area contributed by atoms with Gasteiger partial charge in [-0.3, -0.25) is 41.6 Å². The van der Waals surface area contributed by atoms with Crippen LogP contribution in [0.5, 0.6) is 0 Å². The number of aromatic amines is 1. The van der Waals surface area contributed by atoms with Gasteiger partial charge in [0.15, 0.2) is 35.4 Å². The number of hydrogen-bond donors (Lipinski definition) is 9. The number of phosphoric acid groups is 2. The van der Waals surface area contributed by atoms with E-state index in [4.69, 9.17) is 43.8 Å². The average molecular weight is 901 g/mol. The van der Waals surface area contributed by atoms with E-state index in [1.165, 1.54) is 34.9 Å². The summed E-state index contributed by atoms with van der Waals surface area (Å²) in [5.41, 5.74) is 10.9. The van der Waals surface area contributed by atoms with Crippen molar-refractivity contribution in [1.29, 1.82) is 0 Å². The molecule has 0 radical (unpaired) electrons. The number of nitrogens with zero attached hydrogens (tertiary/aromatic N) is 9. The molecule has 3 fully saturated rings. The van der Waals surface area contributed by atoms with Crippen LogP contribution in [0.3, 0.4) is 0 Å². The Bertz CT molecular complexity index is 2640. The van der Waals surface area contributed by atoms with Gasteiger partial charge in [0.2, 0.25) is 0 Å². The number of aliphatic hydroxyl groups is 4. The second kappa shape index (κ2) is 16.5. The van der Waals surface area contributed by atoms with Gasteiger partial charge in [0.1, 0.15) is 78.7 Å². The number of H-pyrrole nitrogens is 1. The highest BCUT2D eigenvalue weighted by Gasteiger charge is 2.52. The SMILES string of the molecule is Cc1cn([C@H]2C[C@H](OP(=O)(O)OC[C@H]3O[C@@H](n4cnc5c(N)ncnc54)[C@H](O)[C@@H]3OP(=O)(O)OC[C@H]3O[C@@H](n4cnc5c(N)ncnc54)[C@H](O)[C@@H]3O)[C@@H](CO)O2)c(=O)[nH]c1=O. The molecular weight excluding hydrogens is 862 g/mol. The third-order valence-electron chi connectivity index (χ3n) is 10.1. The molecule has 8 rings (SSSR count). The highest BCUT2D eigenvalue weighted by atomic mass is 31.2. The number of fused-ring (bicyclic) bond motifs is 2.